The number of nitro benzene ring substituents is 1. The normalized spacial score (nSPS) is 10.7. The van der Waals surface area contributed by atoms with Crippen LogP contribution in [0.4, 0.5) is 5.69 Å². The van der Waals surface area contributed by atoms with Crippen molar-refractivity contribution in [1.29, 1.82) is 0 Å². The van der Waals surface area contributed by atoms with Gasteiger partial charge in [-0.2, -0.15) is 0 Å². The summed E-state index contributed by atoms with van der Waals surface area (Å²) in [5.74, 6) is 0. The van der Waals surface area contributed by atoms with Gasteiger partial charge in [-0.05, 0) is 30.4 Å². The van der Waals surface area contributed by atoms with Gasteiger partial charge in [0.15, 0.2) is 4.77 Å². The minimum absolute atomic E-state index is 0.0954. The van der Waals surface area contributed by atoms with Gasteiger partial charge in [-0.1, -0.05) is 18.2 Å². The predicted molar refractivity (Wildman–Crippen MR) is 81.4 cm³/mol. The molecular formula is C14H9N3O3S. The van der Waals surface area contributed by atoms with E-state index in [0.717, 1.165) is 0 Å². The number of aromatic amines is 1. The lowest BCUT2D eigenvalue weighted by Gasteiger charge is -2.07. The summed E-state index contributed by atoms with van der Waals surface area (Å²) >= 11 is 5.20. The fourth-order valence-corrected chi connectivity index (χ4v) is 2.44. The second kappa shape index (κ2) is 4.95. The van der Waals surface area contributed by atoms with Crippen LogP contribution in [0.5, 0.6) is 0 Å². The molecular weight excluding hydrogens is 290 g/mol. The Bertz CT molecular complexity index is 975. The van der Waals surface area contributed by atoms with Crippen molar-refractivity contribution < 1.29 is 4.92 Å². The Hall–Kier alpha value is -2.80. The lowest BCUT2D eigenvalue weighted by Crippen LogP contribution is -2.20. The molecule has 0 aliphatic carbocycles. The zero-order valence-corrected chi connectivity index (χ0v) is 11.5. The highest BCUT2D eigenvalue weighted by atomic mass is 32.1. The second-order valence-corrected chi connectivity index (χ2v) is 4.78. The molecule has 21 heavy (non-hydrogen) atoms. The van der Waals surface area contributed by atoms with Crippen molar-refractivity contribution >= 4 is 28.8 Å². The summed E-state index contributed by atoms with van der Waals surface area (Å²) < 4.78 is 1.45. The standard InChI is InChI=1S/C14H9N3O3S/c18-13-11-6-1-2-7-12(11)15-14(21)16(13)9-4-3-5-10(8-9)17(19)20/h1-8H,(H,15,21). The summed E-state index contributed by atoms with van der Waals surface area (Å²) in [5.41, 5.74) is 0.590. The first-order chi connectivity index (χ1) is 10.1. The number of fused-ring (bicyclic) bond motifs is 1. The number of H-pyrrole nitrogens is 1. The molecule has 2 aromatic carbocycles. The molecule has 7 heteroatoms. The van der Waals surface area contributed by atoms with E-state index in [1.807, 2.05) is 0 Å². The van der Waals surface area contributed by atoms with Crippen LogP contribution in [0.15, 0.2) is 53.3 Å². The van der Waals surface area contributed by atoms with Crippen molar-refractivity contribution in [3.63, 3.8) is 0 Å². The maximum atomic E-state index is 12.5. The van der Waals surface area contributed by atoms with Crippen molar-refractivity contribution in [2.75, 3.05) is 0 Å². The summed E-state index contributed by atoms with van der Waals surface area (Å²) in [4.78, 5) is 25.8. The van der Waals surface area contributed by atoms with Gasteiger partial charge in [0.2, 0.25) is 0 Å². The van der Waals surface area contributed by atoms with Gasteiger partial charge in [0.1, 0.15) is 0 Å². The number of aromatic nitrogens is 2. The van der Waals surface area contributed by atoms with E-state index in [1.165, 1.54) is 22.8 Å². The van der Waals surface area contributed by atoms with E-state index >= 15 is 0 Å². The highest BCUT2D eigenvalue weighted by Gasteiger charge is 2.11. The number of nitrogens with zero attached hydrogens (tertiary/aromatic N) is 2. The lowest BCUT2D eigenvalue weighted by molar-refractivity contribution is -0.384. The third-order valence-corrected chi connectivity index (χ3v) is 3.39. The summed E-state index contributed by atoms with van der Waals surface area (Å²) in [6.45, 7) is 0. The highest BCUT2D eigenvalue weighted by Crippen LogP contribution is 2.16. The molecule has 0 aliphatic rings. The predicted octanol–water partition coefficient (Wildman–Crippen LogP) is 2.96. The minimum Gasteiger partial charge on any atom is -0.331 e. The monoisotopic (exact) mass is 299 g/mol. The van der Waals surface area contributed by atoms with Gasteiger partial charge in [-0.3, -0.25) is 19.5 Å². The summed E-state index contributed by atoms with van der Waals surface area (Å²) in [7, 11) is 0. The lowest BCUT2D eigenvalue weighted by atomic mass is 10.2. The van der Waals surface area contributed by atoms with Crippen LogP contribution >= 0.6 is 12.2 Å². The number of rotatable bonds is 2. The number of benzene rings is 2. The average molecular weight is 299 g/mol. The van der Waals surface area contributed by atoms with Crippen LogP contribution in [0.3, 0.4) is 0 Å². The SMILES string of the molecule is O=c1c2ccccc2[nH]c(=S)n1-c1cccc([N+](=O)[O-])c1. The van der Waals surface area contributed by atoms with Gasteiger partial charge in [0.05, 0.1) is 21.5 Å². The number of hydrogen-bond acceptors (Lipinski definition) is 4. The molecule has 1 heterocycles. The molecule has 1 aromatic heterocycles. The second-order valence-electron chi connectivity index (χ2n) is 4.39. The van der Waals surface area contributed by atoms with Crippen LogP contribution in [0, 0.1) is 14.9 Å². The molecule has 0 aliphatic heterocycles. The zero-order valence-electron chi connectivity index (χ0n) is 10.6. The first-order valence-corrected chi connectivity index (χ1v) is 6.47. The van der Waals surface area contributed by atoms with Crippen LogP contribution in [0.2, 0.25) is 0 Å². The molecule has 0 atom stereocenters. The summed E-state index contributed by atoms with van der Waals surface area (Å²) in [5, 5.41) is 11.3. The maximum Gasteiger partial charge on any atom is 0.271 e. The van der Waals surface area contributed by atoms with Crippen molar-refractivity contribution in [3.8, 4) is 5.69 Å². The number of nitro groups is 1. The Balaban J connectivity index is 2.35. The van der Waals surface area contributed by atoms with Gasteiger partial charge < -0.3 is 4.98 Å². The number of nitrogens with one attached hydrogen (secondary N) is 1. The topological polar surface area (TPSA) is 80.9 Å². The highest BCUT2D eigenvalue weighted by molar-refractivity contribution is 7.71. The fraction of sp³-hybridized carbons (Fsp3) is 0. The van der Waals surface area contributed by atoms with Crippen molar-refractivity contribution in [3.05, 3.63) is 73.8 Å². The molecule has 0 saturated carbocycles. The third-order valence-electron chi connectivity index (χ3n) is 3.10. The minimum atomic E-state index is -0.512. The Morgan fingerprint density at radius 1 is 1.14 bits per heavy atom. The maximum absolute atomic E-state index is 12.5. The quantitative estimate of drug-likeness (QED) is 0.448. The van der Waals surface area contributed by atoms with Crippen LogP contribution in [0.1, 0.15) is 0 Å². The van der Waals surface area contributed by atoms with Crippen molar-refractivity contribution in [2.45, 2.75) is 0 Å². The first kappa shape index (κ1) is 13.2. The molecule has 1 N–H and O–H groups in total. The Morgan fingerprint density at radius 3 is 2.67 bits per heavy atom. The number of hydrogen-bond donors (Lipinski definition) is 1. The van der Waals surface area contributed by atoms with Crippen LogP contribution < -0.4 is 5.56 Å². The molecule has 0 radical (unpaired) electrons. The summed E-state index contributed by atoms with van der Waals surface area (Å²) in [6.07, 6.45) is 0. The smallest absolute Gasteiger partial charge is 0.271 e. The van der Waals surface area contributed by atoms with Gasteiger partial charge in [0.25, 0.3) is 11.2 Å². The first-order valence-electron chi connectivity index (χ1n) is 6.07. The average Bonchev–Trinajstić information content (AvgIpc) is 2.47. The fourth-order valence-electron chi connectivity index (χ4n) is 2.14. The van der Waals surface area contributed by atoms with E-state index in [1.54, 1.807) is 30.3 Å². The Kier molecular flexibility index (Phi) is 3.11. The van der Waals surface area contributed by atoms with Crippen LogP contribution in [-0.2, 0) is 0 Å². The molecule has 3 aromatic rings. The Morgan fingerprint density at radius 2 is 1.90 bits per heavy atom. The molecule has 0 saturated heterocycles. The molecule has 104 valence electrons. The van der Waals surface area contributed by atoms with E-state index in [-0.39, 0.29) is 16.0 Å². The molecule has 0 spiro atoms. The van der Waals surface area contributed by atoms with Crippen molar-refractivity contribution in [1.82, 2.24) is 9.55 Å². The van der Waals surface area contributed by atoms with Gasteiger partial charge >= 0.3 is 0 Å². The molecule has 0 fully saturated rings. The Labute approximate surface area is 123 Å². The van der Waals surface area contributed by atoms with E-state index in [2.05, 4.69) is 4.98 Å². The van der Waals surface area contributed by atoms with E-state index in [4.69, 9.17) is 12.2 Å². The zero-order chi connectivity index (χ0) is 15.0. The van der Waals surface area contributed by atoms with Gasteiger partial charge in [-0.15, -0.1) is 0 Å². The molecule has 0 bridgehead atoms. The molecule has 3 rings (SSSR count). The van der Waals surface area contributed by atoms with E-state index in [9.17, 15) is 14.9 Å². The third kappa shape index (κ3) is 2.23. The molecule has 6 nitrogen and oxygen atoms in total. The molecule has 0 unspecified atom stereocenters. The van der Waals surface area contributed by atoms with Crippen LogP contribution in [-0.4, -0.2) is 14.5 Å². The van der Waals surface area contributed by atoms with Gasteiger partial charge in [0, 0.05) is 12.1 Å². The number of non-ortho nitro benzene ring substituents is 1. The molecule has 0 amide bonds. The van der Waals surface area contributed by atoms with E-state index in [0.29, 0.717) is 16.6 Å². The van der Waals surface area contributed by atoms with Crippen LogP contribution in [0.25, 0.3) is 16.6 Å². The summed E-state index contributed by atoms with van der Waals surface area (Å²) in [6, 6.07) is 12.8. The largest absolute Gasteiger partial charge is 0.331 e. The van der Waals surface area contributed by atoms with E-state index < -0.39 is 4.92 Å². The van der Waals surface area contributed by atoms with Crippen molar-refractivity contribution in [2.24, 2.45) is 0 Å². The van der Waals surface area contributed by atoms with Gasteiger partial charge in [-0.25, -0.2) is 0 Å². The number of para-hydroxylation sites is 1.